The number of aromatic nitrogens is 1. The second-order valence-corrected chi connectivity index (χ2v) is 5.98. The van der Waals surface area contributed by atoms with Crippen molar-refractivity contribution in [1.29, 1.82) is 0 Å². The summed E-state index contributed by atoms with van der Waals surface area (Å²) >= 11 is 1.79. The average molecular weight is 260 g/mol. The lowest BCUT2D eigenvalue weighted by Gasteiger charge is -2.12. The Labute approximate surface area is 113 Å². The number of benzene rings is 1. The Morgan fingerprint density at radius 2 is 1.94 bits per heavy atom. The summed E-state index contributed by atoms with van der Waals surface area (Å²) in [4.78, 5) is 5.86. The van der Waals surface area contributed by atoms with E-state index in [0.717, 1.165) is 18.8 Å². The van der Waals surface area contributed by atoms with Gasteiger partial charge in [-0.15, -0.1) is 11.3 Å². The number of aryl methyl sites for hydroxylation is 2. The van der Waals surface area contributed by atoms with Gasteiger partial charge in [0.05, 0.1) is 5.69 Å². The van der Waals surface area contributed by atoms with E-state index < -0.39 is 0 Å². The molecule has 0 amide bonds. The average Bonchev–Trinajstić information content (AvgIpc) is 2.69. The Morgan fingerprint density at radius 1 is 1.22 bits per heavy atom. The third-order valence-electron chi connectivity index (χ3n) is 3.17. The molecule has 0 radical (unpaired) electrons. The summed E-state index contributed by atoms with van der Waals surface area (Å²) in [5.74, 6) is 0.536. The molecular weight excluding hydrogens is 240 g/mol. The quantitative estimate of drug-likeness (QED) is 0.887. The van der Waals surface area contributed by atoms with Gasteiger partial charge < -0.3 is 5.32 Å². The van der Waals surface area contributed by atoms with Gasteiger partial charge in [0.2, 0.25) is 0 Å². The molecule has 0 saturated carbocycles. The highest BCUT2D eigenvalue weighted by molar-refractivity contribution is 7.11. The summed E-state index contributed by atoms with van der Waals surface area (Å²) in [6, 6.07) is 10.6. The van der Waals surface area contributed by atoms with Gasteiger partial charge in [0.25, 0.3) is 0 Å². The zero-order chi connectivity index (χ0) is 13.0. The molecule has 1 N–H and O–H groups in total. The SMILES string of the molecule is Cc1nc(CNCC(C)c2ccccc2)sc1C. The van der Waals surface area contributed by atoms with Crippen molar-refractivity contribution < 1.29 is 0 Å². The molecule has 0 aliphatic carbocycles. The molecule has 1 heterocycles. The van der Waals surface area contributed by atoms with Crippen molar-refractivity contribution >= 4 is 11.3 Å². The van der Waals surface area contributed by atoms with Gasteiger partial charge >= 0.3 is 0 Å². The minimum Gasteiger partial charge on any atom is -0.310 e. The first-order valence-corrected chi connectivity index (χ1v) is 7.17. The zero-order valence-corrected chi connectivity index (χ0v) is 12.1. The predicted octanol–water partition coefficient (Wildman–Crippen LogP) is 3.65. The summed E-state index contributed by atoms with van der Waals surface area (Å²) in [6.45, 7) is 8.31. The zero-order valence-electron chi connectivity index (χ0n) is 11.2. The summed E-state index contributed by atoms with van der Waals surface area (Å²) in [7, 11) is 0. The van der Waals surface area contributed by atoms with Gasteiger partial charge in [-0.3, -0.25) is 0 Å². The first-order chi connectivity index (χ1) is 8.66. The molecule has 0 fully saturated rings. The molecule has 2 aromatic rings. The van der Waals surface area contributed by atoms with Crippen LogP contribution in [0.4, 0.5) is 0 Å². The standard InChI is InChI=1S/C15H20N2S/c1-11(14-7-5-4-6-8-14)9-16-10-15-17-12(2)13(3)18-15/h4-8,11,16H,9-10H2,1-3H3. The third-order valence-corrected chi connectivity index (χ3v) is 4.24. The van der Waals surface area contributed by atoms with Crippen molar-refractivity contribution in [3.63, 3.8) is 0 Å². The van der Waals surface area contributed by atoms with Gasteiger partial charge in [0.1, 0.15) is 5.01 Å². The maximum absolute atomic E-state index is 4.54. The normalized spacial score (nSPS) is 12.6. The molecule has 0 aliphatic heterocycles. The topological polar surface area (TPSA) is 24.9 Å². The van der Waals surface area contributed by atoms with Gasteiger partial charge in [-0.2, -0.15) is 0 Å². The Kier molecular flexibility index (Phi) is 4.50. The van der Waals surface area contributed by atoms with Crippen LogP contribution in [-0.2, 0) is 6.54 Å². The molecule has 1 aromatic heterocycles. The van der Waals surface area contributed by atoms with E-state index in [9.17, 15) is 0 Å². The molecule has 18 heavy (non-hydrogen) atoms. The van der Waals surface area contributed by atoms with Crippen molar-refractivity contribution in [2.24, 2.45) is 0 Å². The van der Waals surface area contributed by atoms with E-state index in [1.807, 2.05) is 0 Å². The van der Waals surface area contributed by atoms with Crippen LogP contribution in [0.5, 0.6) is 0 Å². The van der Waals surface area contributed by atoms with Crippen molar-refractivity contribution in [3.05, 3.63) is 51.5 Å². The first-order valence-electron chi connectivity index (χ1n) is 6.35. The number of hydrogen-bond donors (Lipinski definition) is 1. The second-order valence-electron chi connectivity index (χ2n) is 4.69. The van der Waals surface area contributed by atoms with E-state index in [1.54, 1.807) is 11.3 Å². The smallest absolute Gasteiger partial charge is 0.107 e. The van der Waals surface area contributed by atoms with Gasteiger partial charge in [-0.05, 0) is 25.3 Å². The number of nitrogens with one attached hydrogen (secondary N) is 1. The van der Waals surface area contributed by atoms with E-state index in [-0.39, 0.29) is 0 Å². The van der Waals surface area contributed by atoms with Gasteiger partial charge in [0, 0.05) is 18.0 Å². The van der Waals surface area contributed by atoms with Gasteiger partial charge in [-0.1, -0.05) is 37.3 Å². The molecular formula is C15H20N2S. The molecule has 0 spiro atoms. The monoisotopic (exact) mass is 260 g/mol. The third kappa shape index (κ3) is 3.40. The van der Waals surface area contributed by atoms with Gasteiger partial charge in [0.15, 0.2) is 0 Å². The summed E-state index contributed by atoms with van der Waals surface area (Å²) in [5.41, 5.74) is 2.55. The number of thiazole rings is 1. The minimum atomic E-state index is 0.536. The van der Waals surface area contributed by atoms with Gasteiger partial charge in [-0.25, -0.2) is 4.98 Å². The minimum absolute atomic E-state index is 0.536. The van der Waals surface area contributed by atoms with Crippen LogP contribution >= 0.6 is 11.3 Å². The van der Waals surface area contributed by atoms with Crippen LogP contribution in [0.1, 0.15) is 34.0 Å². The fourth-order valence-electron chi connectivity index (χ4n) is 1.91. The maximum Gasteiger partial charge on any atom is 0.107 e. The molecule has 1 unspecified atom stereocenters. The number of nitrogens with zero attached hydrogens (tertiary/aromatic N) is 1. The first kappa shape index (κ1) is 13.2. The summed E-state index contributed by atoms with van der Waals surface area (Å²) in [6.07, 6.45) is 0. The predicted molar refractivity (Wildman–Crippen MR) is 78.2 cm³/mol. The molecule has 2 nitrogen and oxygen atoms in total. The lowest BCUT2D eigenvalue weighted by Crippen LogP contribution is -2.19. The molecule has 0 aliphatic rings. The Morgan fingerprint density at radius 3 is 2.56 bits per heavy atom. The Bertz CT molecular complexity index is 471. The highest BCUT2D eigenvalue weighted by Gasteiger charge is 2.06. The van der Waals surface area contributed by atoms with Crippen molar-refractivity contribution in [2.75, 3.05) is 6.54 Å². The maximum atomic E-state index is 4.54. The highest BCUT2D eigenvalue weighted by Crippen LogP contribution is 2.17. The molecule has 96 valence electrons. The van der Waals surface area contributed by atoms with Crippen molar-refractivity contribution in [1.82, 2.24) is 10.3 Å². The van der Waals surface area contributed by atoms with Crippen LogP contribution in [0.25, 0.3) is 0 Å². The molecule has 0 saturated heterocycles. The summed E-state index contributed by atoms with van der Waals surface area (Å²) < 4.78 is 0. The molecule has 3 heteroatoms. The lowest BCUT2D eigenvalue weighted by molar-refractivity contribution is 0.613. The second kappa shape index (κ2) is 6.12. The fourth-order valence-corrected chi connectivity index (χ4v) is 2.81. The summed E-state index contributed by atoms with van der Waals surface area (Å²) in [5, 5.41) is 4.67. The van der Waals surface area contributed by atoms with Crippen LogP contribution < -0.4 is 5.32 Å². The van der Waals surface area contributed by atoms with E-state index in [1.165, 1.54) is 15.4 Å². The number of rotatable bonds is 5. The van der Waals surface area contributed by atoms with Crippen LogP contribution in [0.15, 0.2) is 30.3 Å². The molecule has 2 rings (SSSR count). The van der Waals surface area contributed by atoms with Crippen molar-refractivity contribution in [2.45, 2.75) is 33.2 Å². The van der Waals surface area contributed by atoms with E-state index >= 15 is 0 Å². The van der Waals surface area contributed by atoms with Crippen molar-refractivity contribution in [3.8, 4) is 0 Å². The van der Waals surface area contributed by atoms with Crippen LogP contribution in [-0.4, -0.2) is 11.5 Å². The molecule has 0 bridgehead atoms. The molecule has 1 aromatic carbocycles. The fraction of sp³-hybridized carbons (Fsp3) is 0.400. The number of hydrogen-bond acceptors (Lipinski definition) is 3. The van der Waals surface area contributed by atoms with Crippen LogP contribution in [0.2, 0.25) is 0 Å². The Balaban J connectivity index is 1.82. The lowest BCUT2D eigenvalue weighted by atomic mass is 10.0. The van der Waals surface area contributed by atoms with Crippen LogP contribution in [0.3, 0.4) is 0 Å². The Hall–Kier alpha value is -1.19. The van der Waals surface area contributed by atoms with E-state index in [4.69, 9.17) is 0 Å². The largest absolute Gasteiger partial charge is 0.310 e. The van der Waals surface area contributed by atoms with E-state index in [0.29, 0.717) is 5.92 Å². The highest BCUT2D eigenvalue weighted by atomic mass is 32.1. The molecule has 1 atom stereocenters. The van der Waals surface area contributed by atoms with E-state index in [2.05, 4.69) is 61.4 Å². The van der Waals surface area contributed by atoms with Crippen LogP contribution in [0, 0.1) is 13.8 Å².